The minimum atomic E-state index is 0.593. The number of halogens is 2. The number of nitrogens with zero attached hydrogens (tertiary/aromatic N) is 3. The molecule has 1 aromatic heterocycles. The van der Waals surface area contributed by atoms with Crippen LogP contribution >= 0.6 is 45.7 Å². The second-order valence-electron chi connectivity index (χ2n) is 7.57. The molecule has 0 aliphatic heterocycles. The summed E-state index contributed by atoms with van der Waals surface area (Å²) in [6, 6.07) is 8.17. The molecule has 0 saturated heterocycles. The van der Waals surface area contributed by atoms with E-state index in [2.05, 4.69) is 100 Å². The van der Waals surface area contributed by atoms with Gasteiger partial charge < -0.3 is 0 Å². The number of methoxy groups -OCH3 is 1. The second kappa shape index (κ2) is 9.90. The van der Waals surface area contributed by atoms with Gasteiger partial charge in [0.05, 0.1) is 0 Å². The van der Waals surface area contributed by atoms with Crippen LogP contribution in [0.25, 0.3) is 0 Å². The van der Waals surface area contributed by atoms with Gasteiger partial charge in [-0.2, -0.15) is 1.33 Å². The molecule has 0 spiro atoms. The van der Waals surface area contributed by atoms with Gasteiger partial charge in [-0.25, -0.2) is 0 Å². The van der Waals surface area contributed by atoms with Crippen molar-refractivity contribution in [1.29, 1.82) is 0 Å². The van der Waals surface area contributed by atoms with Gasteiger partial charge in [-0.3, -0.25) is 0 Å². The van der Waals surface area contributed by atoms with Gasteiger partial charge in [-0.15, -0.1) is 0 Å². The minimum Gasteiger partial charge on any atom is -0.182 e. The fourth-order valence-electron chi connectivity index (χ4n) is 4.02. The Morgan fingerprint density at radius 1 is 1.11 bits per heavy atom. The van der Waals surface area contributed by atoms with E-state index in [1.165, 1.54) is 47.9 Å². The van der Waals surface area contributed by atoms with Crippen molar-refractivity contribution in [2.24, 2.45) is 13.0 Å². The summed E-state index contributed by atoms with van der Waals surface area (Å²) >= 11 is 7.24. The molecule has 0 radical (unpaired) electrons. The third kappa shape index (κ3) is 5.48. The largest absolute Gasteiger partial charge is 0.182 e. The first kappa shape index (κ1) is 22.0. The number of rotatable bonds is 4. The van der Waals surface area contributed by atoms with Gasteiger partial charge in [0, 0.05) is 51.3 Å². The molecule has 5 rings (SSSR count). The van der Waals surface area contributed by atoms with Crippen LogP contribution in [0.3, 0.4) is 0 Å². The quantitative estimate of drug-likeness (QED) is 0.296. The monoisotopic (exact) mass is 774 g/mol. The van der Waals surface area contributed by atoms with E-state index in [0.717, 1.165) is 18.2 Å². The topological polar surface area (TPSA) is 22.3 Å². The predicted molar refractivity (Wildman–Crippen MR) is 123 cm³/mol. The van der Waals surface area contributed by atoms with E-state index in [1.807, 2.05) is 19.2 Å². The van der Waals surface area contributed by atoms with E-state index in [9.17, 15) is 0 Å². The summed E-state index contributed by atoms with van der Waals surface area (Å²) < 4.78 is 13.1. The molecule has 3 aliphatic carbocycles. The number of hydrogen-bond acceptors (Lipinski definition) is 2. The first-order valence-electron chi connectivity index (χ1n) is 9.35. The minimum absolute atomic E-state index is 0.593. The van der Waals surface area contributed by atoms with Crippen LogP contribution in [0.2, 0.25) is 0 Å². The summed E-state index contributed by atoms with van der Waals surface area (Å²) in [6.07, 6.45) is 13.0. The summed E-state index contributed by atoms with van der Waals surface area (Å²) in [7, 11) is 3.73. The SMILES string of the molecule is COc1ccc(Cn2ccn(C)[c]2=[Pt])cc1.IN(I)C12CCC(CC1)CC2. The molecule has 3 aliphatic rings. The molecule has 3 fully saturated rings. The van der Waals surface area contributed by atoms with Gasteiger partial charge in [0.25, 0.3) is 0 Å². The maximum Gasteiger partial charge on any atom is 0.0408 e. The third-order valence-corrected chi connectivity index (χ3v) is 9.38. The van der Waals surface area contributed by atoms with Gasteiger partial charge in [-0.1, -0.05) is 0 Å². The first-order chi connectivity index (χ1) is 12.9. The van der Waals surface area contributed by atoms with Gasteiger partial charge in [0.1, 0.15) is 0 Å². The molecule has 3 saturated carbocycles. The van der Waals surface area contributed by atoms with Crippen LogP contribution in [0.15, 0.2) is 36.7 Å². The number of aryl methyl sites for hydroxylation is 1. The number of ether oxygens (including phenoxy) is 1. The van der Waals surface area contributed by atoms with E-state index in [4.69, 9.17) is 4.74 Å². The summed E-state index contributed by atoms with van der Waals surface area (Å²) in [4.78, 5) is 0. The summed E-state index contributed by atoms with van der Waals surface area (Å²) in [5.74, 6) is 1.99. The molecule has 0 atom stereocenters. The van der Waals surface area contributed by atoms with Gasteiger partial charge in [0.2, 0.25) is 0 Å². The normalized spacial score (nSPS) is 23.9. The molecule has 4 nitrogen and oxygen atoms in total. The van der Waals surface area contributed by atoms with Crippen LogP contribution in [0.4, 0.5) is 0 Å². The van der Waals surface area contributed by atoms with E-state index in [0.29, 0.717) is 5.54 Å². The van der Waals surface area contributed by atoms with Crippen molar-refractivity contribution in [2.45, 2.75) is 50.6 Å². The van der Waals surface area contributed by atoms with Crippen LogP contribution in [0.5, 0.6) is 5.75 Å². The zero-order valence-corrected chi connectivity index (χ0v) is 22.4. The third-order valence-electron chi connectivity index (χ3n) is 5.88. The number of aromatic nitrogens is 2. The summed E-state index contributed by atoms with van der Waals surface area (Å²) in [5, 5.41) is 0. The Bertz CT molecular complexity index is 779. The van der Waals surface area contributed by atoms with Crippen molar-refractivity contribution in [3.8, 4) is 5.75 Å². The summed E-state index contributed by atoms with van der Waals surface area (Å²) in [5.41, 5.74) is 1.87. The molecule has 0 unspecified atom stereocenters. The van der Waals surface area contributed by atoms with Crippen LogP contribution in [0.1, 0.15) is 44.1 Å². The number of fused-ring (bicyclic) bond motifs is 3. The van der Waals surface area contributed by atoms with Crippen molar-refractivity contribution >= 4 is 45.7 Å². The molecule has 0 amide bonds. The second-order valence-corrected chi connectivity index (χ2v) is 12.4. The van der Waals surface area contributed by atoms with Crippen molar-refractivity contribution in [3.05, 3.63) is 46.0 Å². The van der Waals surface area contributed by atoms with Crippen molar-refractivity contribution < 1.29 is 24.1 Å². The van der Waals surface area contributed by atoms with Crippen molar-refractivity contribution in [3.63, 3.8) is 0 Å². The fraction of sp³-hybridized carbons (Fsp3) is 0.550. The van der Waals surface area contributed by atoms with E-state index in [1.54, 1.807) is 7.11 Å². The standard InChI is InChI=1S/C12H14N2O.C8H13I2N.Pt/c1-13-7-8-14(10-13)9-11-3-5-12(15-2)6-4-11;9-11(10)8-4-1-7(2-5-8)3-6-8;/h3-8H,9H2,1-2H3;7H,1-6H2;. The Morgan fingerprint density at radius 3 is 2.11 bits per heavy atom. The molecule has 27 heavy (non-hydrogen) atoms. The fourth-order valence-corrected chi connectivity index (χ4v) is 5.98. The molecule has 2 aromatic rings. The maximum absolute atomic E-state index is 5.13. The zero-order valence-electron chi connectivity index (χ0n) is 15.8. The van der Waals surface area contributed by atoms with Crippen LogP contribution in [-0.4, -0.2) is 23.1 Å². The molecule has 1 aromatic carbocycles. The Hall–Kier alpha value is 0.338. The molecular formula is C20H27I2N3OPt. The molecule has 152 valence electrons. The molecule has 1 heterocycles. The van der Waals surface area contributed by atoms with E-state index in [-0.39, 0.29) is 0 Å². The van der Waals surface area contributed by atoms with Gasteiger partial charge >= 0.3 is 106 Å². The van der Waals surface area contributed by atoms with Crippen molar-refractivity contribution in [1.82, 2.24) is 10.5 Å². The molecule has 2 bridgehead atoms. The Morgan fingerprint density at radius 2 is 1.70 bits per heavy atom. The molecule has 0 N–H and O–H groups in total. The predicted octanol–water partition coefficient (Wildman–Crippen LogP) is 5.67. The molecular weight excluding hydrogens is 747 g/mol. The number of hydrogen-bond donors (Lipinski definition) is 0. The number of benzene rings is 1. The van der Waals surface area contributed by atoms with Crippen LogP contribution < -0.4 is 4.74 Å². The van der Waals surface area contributed by atoms with Gasteiger partial charge in [-0.05, 0) is 44.4 Å². The molecule has 7 heteroatoms. The van der Waals surface area contributed by atoms with E-state index >= 15 is 0 Å². The van der Waals surface area contributed by atoms with Gasteiger partial charge in [0.15, 0.2) is 0 Å². The van der Waals surface area contributed by atoms with E-state index < -0.39 is 0 Å². The first-order valence-corrected chi connectivity index (χ1v) is 12.4. The average molecular weight is 774 g/mol. The Balaban J connectivity index is 0.000000166. The van der Waals surface area contributed by atoms with Crippen molar-refractivity contribution in [2.75, 3.05) is 7.11 Å². The Kier molecular flexibility index (Phi) is 8.08. The smallest absolute Gasteiger partial charge is 0.0408 e. The Labute approximate surface area is 201 Å². The van der Waals surface area contributed by atoms with Crippen LogP contribution in [0, 0.1) is 9.72 Å². The number of imidazole rings is 1. The average Bonchev–Trinajstić information content (AvgIpc) is 3.02. The summed E-state index contributed by atoms with van der Waals surface area (Å²) in [6.45, 7) is 0.893. The van der Waals surface area contributed by atoms with Crippen LogP contribution in [-0.2, 0) is 32.9 Å². The maximum atomic E-state index is 5.13. The zero-order chi connectivity index (χ0) is 19.4.